The molecule has 1 saturated heterocycles. The van der Waals surface area contributed by atoms with Gasteiger partial charge in [0, 0.05) is 52.0 Å². The number of ether oxygens (including phenoxy) is 2. The minimum atomic E-state index is 0.0906. The van der Waals surface area contributed by atoms with E-state index in [2.05, 4.69) is 11.8 Å². The van der Waals surface area contributed by atoms with Crippen molar-refractivity contribution in [3.63, 3.8) is 0 Å². The molecule has 1 heterocycles. The van der Waals surface area contributed by atoms with Crippen molar-refractivity contribution in [2.45, 2.75) is 13.8 Å². The average molecular weight is 320 g/mol. The second kappa shape index (κ2) is 8.31. The first-order valence-corrected chi connectivity index (χ1v) is 8.20. The number of carbonyl (C=O) groups excluding carboxylic acids is 1. The van der Waals surface area contributed by atoms with Gasteiger partial charge in [-0.05, 0) is 30.5 Å². The SMILES string of the molecule is COC[C@@H](C)CN1CCN(C(=O)c2ccc(C)c(OC)c2)CC1. The Morgan fingerprint density at radius 1 is 1.22 bits per heavy atom. The number of aryl methyl sites for hydroxylation is 1. The Kier molecular flexibility index (Phi) is 6.42. The van der Waals surface area contributed by atoms with Crippen LogP contribution in [-0.2, 0) is 4.74 Å². The molecule has 2 rings (SSSR count). The van der Waals surface area contributed by atoms with Gasteiger partial charge in [-0.3, -0.25) is 9.69 Å². The van der Waals surface area contributed by atoms with E-state index in [-0.39, 0.29) is 5.91 Å². The molecular formula is C18H28N2O3. The topological polar surface area (TPSA) is 42.0 Å². The van der Waals surface area contributed by atoms with Crippen LogP contribution in [0.25, 0.3) is 0 Å². The molecule has 5 heteroatoms. The summed E-state index contributed by atoms with van der Waals surface area (Å²) in [7, 11) is 3.37. The van der Waals surface area contributed by atoms with E-state index in [4.69, 9.17) is 9.47 Å². The van der Waals surface area contributed by atoms with Crippen LogP contribution in [0.1, 0.15) is 22.8 Å². The van der Waals surface area contributed by atoms with Crippen LogP contribution in [0.3, 0.4) is 0 Å². The van der Waals surface area contributed by atoms with Gasteiger partial charge in [-0.15, -0.1) is 0 Å². The Morgan fingerprint density at radius 3 is 2.52 bits per heavy atom. The molecule has 0 aromatic heterocycles. The van der Waals surface area contributed by atoms with E-state index < -0.39 is 0 Å². The molecule has 5 nitrogen and oxygen atoms in total. The summed E-state index contributed by atoms with van der Waals surface area (Å²) in [6, 6.07) is 5.66. The maximum atomic E-state index is 12.6. The Bertz CT molecular complexity index is 525. The summed E-state index contributed by atoms with van der Waals surface area (Å²) in [5, 5.41) is 0. The zero-order valence-corrected chi connectivity index (χ0v) is 14.7. The Morgan fingerprint density at radius 2 is 1.91 bits per heavy atom. The lowest BCUT2D eigenvalue weighted by Gasteiger charge is -2.36. The van der Waals surface area contributed by atoms with Gasteiger partial charge in [0.25, 0.3) is 5.91 Å². The van der Waals surface area contributed by atoms with E-state index >= 15 is 0 Å². The standard InChI is InChI=1S/C18H28N2O3/c1-14(13-22-3)12-19-7-9-20(10-8-19)18(21)16-6-5-15(2)17(11-16)23-4/h5-6,11,14H,7-10,12-13H2,1-4H3/t14-/m0/s1. The number of amides is 1. The molecule has 1 amide bonds. The van der Waals surface area contributed by atoms with E-state index in [0.717, 1.165) is 50.6 Å². The summed E-state index contributed by atoms with van der Waals surface area (Å²) >= 11 is 0. The van der Waals surface area contributed by atoms with Crippen molar-refractivity contribution in [2.24, 2.45) is 5.92 Å². The quantitative estimate of drug-likeness (QED) is 0.804. The number of nitrogens with zero attached hydrogens (tertiary/aromatic N) is 2. The first-order valence-electron chi connectivity index (χ1n) is 8.20. The van der Waals surface area contributed by atoms with Gasteiger partial charge in [-0.2, -0.15) is 0 Å². The van der Waals surface area contributed by atoms with Gasteiger partial charge in [0.2, 0.25) is 0 Å². The number of piperazine rings is 1. The molecule has 1 aromatic rings. The fourth-order valence-corrected chi connectivity index (χ4v) is 3.05. The van der Waals surface area contributed by atoms with Crippen LogP contribution < -0.4 is 4.74 Å². The Hall–Kier alpha value is -1.59. The molecule has 0 saturated carbocycles. The average Bonchev–Trinajstić information content (AvgIpc) is 2.55. The van der Waals surface area contributed by atoms with Gasteiger partial charge >= 0.3 is 0 Å². The Labute approximate surface area is 139 Å². The molecule has 0 radical (unpaired) electrons. The largest absolute Gasteiger partial charge is 0.496 e. The van der Waals surface area contributed by atoms with Crippen LogP contribution >= 0.6 is 0 Å². The second-order valence-electron chi connectivity index (χ2n) is 6.34. The predicted octanol–water partition coefficient (Wildman–Crippen LogP) is 2.04. The zero-order chi connectivity index (χ0) is 16.8. The molecule has 0 spiro atoms. The normalized spacial score (nSPS) is 17.1. The highest BCUT2D eigenvalue weighted by Gasteiger charge is 2.23. The van der Waals surface area contributed by atoms with Crippen LogP contribution in [0.5, 0.6) is 5.75 Å². The van der Waals surface area contributed by atoms with Crippen molar-refractivity contribution in [1.82, 2.24) is 9.80 Å². The molecule has 0 N–H and O–H groups in total. The molecule has 1 fully saturated rings. The Balaban J connectivity index is 1.91. The first kappa shape index (κ1) is 17.8. The molecule has 1 aliphatic rings. The molecule has 0 unspecified atom stereocenters. The summed E-state index contributed by atoms with van der Waals surface area (Å²) < 4.78 is 10.5. The van der Waals surface area contributed by atoms with Crippen LogP contribution in [0.15, 0.2) is 18.2 Å². The lowest BCUT2D eigenvalue weighted by atomic mass is 10.1. The molecule has 0 aliphatic carbocycles. The molecule has 1 atom stereocenters. The van der Waals surface area contributed by atoms with E-state index in [1.807, 2.05) is 30.0 Å². The molecular weight excluding hydrogens is 292 g/mol. The van der Waals surface area contributed by atoms with Crippen molar-refractivity contribution in [2.75, 3.05) is 53.6 Å². The van der Waals surface area contributed by atoms with Crippen molar-refractivity contribution in [3.8, 4) is 5.75 Å². The van der Waals surface area contributed by atoms with Gasteiger partial charge < -0.3 is 14.4 Å². The maximum absolute atomic E-state index is 12.6. The van der Waals surface area contributed by atoms with Gasteiger partial charge in [0.1, 0.15) is 5.75 Å². The highest BCUT2D eigenvalue weighted by atomic mass is 16.5. The monoisotopic (exact) mass is 320 g/mol. The summed E-state index contributed by atoms with van der Waals surface area (Å²) in [4.78, 5) is 17.0. The van der Waals surface area contributed by atoms with Gasteiger partial charge in [-0.25, -0.2) is 0 Å². The van der Waals surface area contributed by atoms with Crippen molar-refractivity contribution in [3.05, 3.63) is 29.3 Å². The van der Waals surface area contributed by atoms with Crippen LogP contribution in [-0.4, -0.2) is 69.3 Å². The summed E-state index contributed by atoms with van der Waals surface area (Å²) in [6.45, 7) is 9.36. The highest BCUT2D eigenvalue weighted by Crippen LogP contribution is 2.20. The van der Waals surface area contributed by atoms with Gasteiger partial charge in [0.15, 0.2) is 0 Å². The summed E-state index contributed by atoms with van der Waals surface area (Å²) in [5.41, 5.74) is 1.75. The molecule has 128 valence electrons. The summed E-state index contributed by atoms with van der Waals surface area (Å²) in [6.07, 6.45) is 0. The van der Waals surface area contributed by atoms with E-state index in [9.17, 15) is 4.79 Å². The van der Waals surface area contributed by atoms with Crippen molar-refractivity contribution in [1.29, 1.82) is 0 Å². The fourth-order valence-electron chi connectivity index (χ4n) is 3.05. The van der Waals surface area contributed by atoms with Gasteiger partial charge in [0.05, 0.1) is 7.11 Å². The van der Waals surface area contributed by atoms with E-state index in [1.165, 1.54) is 0 Å². The number of benzene rings is 1. The number of methoxy groups -OCH3 is 2. The second-order valence-corrected chi connectivity index (χ2v) is 6.34. The number of hydrogen-bond donors (Lipinski definition) is 0. The van der Waals surface area contributed by atoms with Crippen LogP contribution in [0.2, 0.25) is 0 Å². The molecule has 23 heavy (non-hydrogen) atoms. The van der Waals surface area contributed by atoms with Crippen molar-refractivity contribution < 1.29 is 14.3 Å². The zero-order valence-electron chi connectivity index (χ0n) is 14.7. The lowest BCUT2D eigenvalue weighted by Crippen LogP contribution is -2.49. The van der Waals surface area contributed by atoms with Crippen molar-refractivity contribution >= 4 is 5.91 Å². The van der Waals surface area contributed by atoms with Gasteiger partial charge in [-0.1, -0.05) is 13.0 Å². The molecule has 1 aliphatic heterocycles. The van der Waals surface area contributed by atoms with Crippen LogP contribution in [0.4, 0.5) is 0 Å². The predicted molar refractivity (Wildman–Crippen MR) is 91.1 cm³/mol. The van der Waals surface area contributed by atoms with Crippen LogP contribution in [0, 0.1) is 12.8 Å². The molecule has 0 bridgehead atoms. The number of hydrogen-bond acceptors (Lipinski definition) is 4. The third-order valence-electron chi connectivity index (χ3n) is 4.34. The lowest BCUT2D eigenvalue weighted by molar-refractivity contribution is 0.0584. The van der Waals surface area contributed by atoms with E-state index in [1.54, 1.807) is 14.2 Å². The minimum absolute atomic E-state index is 0.0906. The minimum Gasteiger partial charge on any atom is -0.496 e. The molecule has 1 aromatic carbocycles. The fraction of sp³-hybridized carbons (Fsp3) is 0.611. The number of rotatable bonds is 6. The third-order valence-corrected chi connectivity index (χ3v) is 4.34. The maximum Gasteiger partial charge on any atom is 0.254 e. The highest BCUT2D eigenvalue weighted by molar-refractivity contribution is 5.94. The third kappa shape index (κ3) is 4.69. The smallest absolute Gasteiger partial charge is 0.254 e. The first-order chi connectivity index (χ1) is 11.0. The number of carbonyl (C=O) groups is 1. The summed E-state index contributed by atoms with van der Waals surface area (Å²) in [5.74, 6) is 1.37. The van der Waals surface area contributed by atoms with E-state index in [0.29, 0.717) is 11.5 Å².